The van der Waals surface area contributed by atoms with Gasteiger partial charge in [0.25, 0.3) is 0 Å². The van der Waals surface area contributed by atoms with Gasteiger partial charge in [0, 0.05) is 16.5 Å². The van der Waals surface area contributed by atoms with Gasteiger partial charge >= 0.3 is 0 Å². The maximum atomic E-state index is 10.2. The van der Waals surface area contributed by atoms with Crippen molar-refractivity contribution >= 4 is 23.2 Å². The summed E-state index contributed by atoms with van der Waals surface area (Å²) in [5, 5.41) is 11.5. The molecule has 0 aromatic heterocycles. The van der Waals surface area contributed by atoms with Crippen LogP contribution in [0, 0.1) is 11.3 Å². The number of halogens is 2. The first-order valence-electron chi connectivity index (χ1n) is 6.80. The topological polar surface area (TPSA) is 20.2 Å². The van der Waals surface area contributed by atoms with Gasteiger partial charge in [0.1, 0.15) is 0 Å². The van der Waals surface area contributed by atoms with Gasteiger partial charge in [-0.05, 0) is 41.9 Å². The minimum Gasteiger partial charge on any atom is -0.393 e. The number of rotatable bonds is 5. The number of benzene rings is 1. The van der Waals surface area contributed by atoms with Crippen molar-refractivity contribution in [2.24, 2.45) is 11.3 Å². The van der Waals surface area contributed by atoms with E-state index in [0.717, 1.165) is 18.4 Å². The van der Waals surface area contributed by atoms with Crippen molar-refractivity contribution in [1.82, 2.24) is 0 Å². The summed E-state index contributed by atoms with van der Waals surface area (Å²) < 4.78 is 0. The van der Waals surface area contributed by atoms with Crippen LogP contribution < -0.4 is 0 Å². The maximum Gasteiger partial charge on any atom is 0.0584 e. The fourth-order valence-electron chi connectivity index (χ4n) is 2.64. The molecule has 0 amide bonds. The van der Waals surface area contributed by atoms with E-state index in [1.807, 2.05) is 18.2 Å². The van der Waals surface area contributed by atoms with E-state index < -0.39 is 6.10 Å². The lowest BCUT2D eigenvalue weighted by Gasteiger charge is -2.25. The van der Waals surface area contributed by atoms with E-state index in [4.69, 9.17) is 23.2 Å². The van der Waals surface area contributed by atoms with E-state index in [2.05, 4.69) is 27.7 Å². The van der Waals surface area contributed by atoms with Crippen molar-refractivity contribution in [3.05, 3.63) is 33.8 Å². The number of aliphatic hydroxyl groups excluding tert-OH is 1. The Balaban J connectivity index is 2.58. The fraction of sp³-hybridized carbons (Fsp3) is 0.625. The molecule has 0 saturated heterocycles. The van der Waals surface area contributed by atoms with Crippen LogP contribution >= 0.6 is 23.2 Å². The number of aliphatic hydroxyl groups is 1. The second-order valence-electron chi connectivity index (χ2n) is 6.66. The molecule has 3 heteroatoms. The minimum absolute atomic E-state index is 0.293. The van der Waals surface area contributed by atoms with Gasteiger partial charge in [-0.2, -0.15) is 0 Å². The van der Waals surface area contributed by atoms with Gasteiger partial charge in [-0.3, -0.25) is 0 Å². The van der Waals surface area contributed by atoms with E-state index in [9.17, 15) is 5.11 Å². The highest BCUT2D eigenvalue weighted by atomic mass is 35.5. The summed E-state index contributed by atoms with van der Waals surface area (Å²) in [6.45, 7) is 8.85. The third-order valence-electron chi connectivity index (χ3n) is 3.14. The number of hydrogen-bond acceptors (Lipinski definition) is 1. The smallest absolute Gasteiger partial charge is 0.0584 e. The predicted molar refractivity (Wildman–Crippen MR) is 84.0 cm³/mol. The summed E-state index contributed by atoms with van der Waals surface area (Å²) in [5.41, 5.74) is 1.14. The van der Waals surface area contributed by atoms with E-state index >= 15 is 0 Å². The van der Waals surface area contributed by atoms with Crippen molar-refractivity contribution in [3.8, 4) is 0 Å². The van der Waals surface area contributed by atoms with Gasteiger partial charge in [0.05, 0.1) is 6.10 Å². The van der Waals surface area contributed by atoms with Crippen LogP contribution in [0.1, 0.15) is 46.1 Å². The number of hydrogen-bond donors (Lipinski definition) is 1. The Kier molecular flexibility index (Phi) is 6.16. The maximum absolute atomic E-state index is 10.2. The van der Waals surface area contributed by atoms with Crippen molar-refractivity contribution < 1.29 is 5.11 Å². The molecule has 0 saturated carbocycles. The van der Waals surface area contributed by atoms with Gasteiger partial charge in [0.15, 0.2) is 0 Å². The average molecular weight is 303 g/mol. The Labute approximate surface area is 126 Å². The van der Waals surface area contributed by atoms with Crippen LogP contribution in [0.4, 0.5) is 0 Å². The summed E-state index contributed by atoms with van der Waals surface area (Å²) in [7, 11) is 0. The first-order chi connectivity index (χ1) is 8.69. The monoisotopic (exact) mass is 302 g/mol. The minimum atomic E-state index is -0.394. The second-order valence-corrected chi connectivity index (χ2v) is 7.48. The van der Waals surface area contributed by atoms with Crippen LogP contribution in [0.2, 0.25) is 10.0 Å². The molecule has 2 unspecified atom stereocenters. The lowest BCUT2D eigenvalue weighted by molar-refractivity contribution is 0.133. The van der Waals surface area contributed by atoms with E-state index in [1.54, 1.807) is 0 Å². The Morgan fingerprint density at radius 3 is 2.16 bits per heavy atom. The summed E-state index contributed by atoms with van der Waals surface area (Å²) in [6, 6.07) is 5.45. The summed E-state index contributed by atoms with van der Waals surface area (Å²) in [6.07, 6.45) is 2.00. The molecule has 0 aliphatic rings. The molecule has 19 heavy (non-hydrogen) atoms. The largest absolute Gasteiger partial charge is 0.393 e. The molecular formula is C16H24Cl2O. The highest BCUT2D eigenvalue weighted by Crippen LogP contribution is 2.29. The van der Waals surface area contributed by atoms with Crippen molar-refractivity contribution in [2.45, 2.75) is 53.1 Å². The van der Waals surface area contributed by atoms with Gasteiger partial charge in [-0.25, -0.2) is 0 Å². The van der Waals surface area contributed by atoms with Crippen LogP contribution in [0.3, 0.4) is 0 Å². The zero-order chi connectivity index (χ0) is 14.6. The second kappa shape index (κ2) is 6.97. The van der Waals surface area contributed by atoms with Gasteiger partial charge in [0.2, 0.25) is 0 Å². The molecule has 1 aromatic rings. The highest BCUT2D eigenvalue weighted by Gasteiger charge is 2.19. The Morgan fingerprint density at radius 1 is 1.16 bits per heavy atom. The lowest BCUT2D eigenvalue weighted by Crippen LogP contribution is -2.19. The molecule has 1 aromatic carbocycles. The summed E-state index contributed by atoms with van der Waals surface area (Å²) >= 11 is 12.2. The first kappa shape index (κ1) is 16.8. The lowest BCUT2D eigenvalue weighted by atomic mass is 9.83. The third kappa shape index (κ3) is 6.16. The standard InChI is InChI=1S/C16H24Cl2O/c1-11(10-16(2,3)4)8-12(19)9-13-14(17)6-5-7-15(13)18/h5-7,11-12,19H,8-10H2,1-4H3. The Hall–Kier alpha value is -0.240. The molecule has 0 spiro atoms. The average Bonchev–Trinajstić information content (AvgIpc) is 2.20. The molecule has 1 rings (SSSR count). The van der Waals surface area contributed by atoms with Crippen LogP contribution in [0.5, 0.6) is 0 Å². The fourth-order valence-corrected chi connectivity index (χ4v) is 3.19. The summed E-state index contributed by atoms with van der Waals surface area (Å²) in [5.74, 6) is 0.483. The zero-order valence-electron chi connectivity index (χ0n) is 12.2. The van der Waals surface area contributed by atoms with Crippen LogP contribution in [-0.4, -0.2) is 11.2 Å². The molecule has 0 fully saturated rings. The van der Waals surface area contributed by atoms with Crippen molar-refractivity contribution in [3.63, 3.8) is 0 Å². The Morgan fingerprint density at radius 2 is 1.68 bits per heavy atom. The SMILES string of the molecule is CC(CC(O)Cc1c(Cl)cccc1Cl)CC(C)(C)C. The zero-order valence-corrected chi connectivity index (χ0v) is 13.7. The molecule has 108 valence electrons. The third-order valence-corrected chi connectivity index (χ3v) is 3.84. The van der Waals surface area contributed by atoms with Crippen molar-refractivity contribution in [1.29, 1.82) is 0 Å². The van der Waals surface area contributed by atoms with Gasteiger partial charge in [-0.1, -0.05) is 57.0 Å². The van der Waals surface area contributed by atoms with E-state index in [1.165, 1.54) is 0 Å². The van der Waals surface area contributed by atoms with E-state index in [0.29, 0.717) is 27.8 Å². The molecular weight excluding hydrogens is 279 g/mol. The molecule has 1 nitrogen and oxygen atoms in total. The molecule has 0 aliphatic carbocycles. The normalized spacial score (nSPS) is 15.3. The van der Waals surface area contributed by atoms with Crippen LogP contribution in [0.15, 0.2) is 18.2 Å². The highest BCUT2D eigenvalue weighted by molar-refractivity contribution is 6.35. The molecule has 0 bridgehead atoms. The van der Waals surface area contributed by atoms with Gasteiger partial charge in [-0.15, -0.1) is 0 Å². The molecule has 0 aliphatic heterocycles. The van der Waals surface area contributed by atoms with Crippen LogP contribution in [0.25, 0.3) is 0 Å². The molecule has 2 atom stereocenters. The summed E-state index contributed by atoms with van der Waals surface area (Å²) in [4.78, 5) is 0. The first-order valence-corrected chi connectivity index (χ1v) is 7.55. The molecule has 1 N–H and O–H groups in total. The van der Waals surface area contributed by atoms with Crippen LogP contribution in [-0.2, 0) is 6.42 Å². The quantitative estimate of drug-likeness (QED) is 0.776. The molecule has 0 radical (unpaired) electrons. The van der Waals surface area contributed by atoms with Crippen molar-refractivity contribution in [2.75, 3.05) is 0 Å². The van der Waals surface area contributed by atoms with Gasteiger partial charge < -0.3 is 5.11 Å². The Bertz CT molecular complexity index is 389. The molecule has 0 heterocycles. The predicted octanol–water partition coefficient (Wildman–Crippen LogP) is 5.36. The van der Waals surface area contributed by atoms with E-state index in [-0.39, 0.29) is 0 Å².